The molecule has 0 radical (unpaired) electrons. The number of halogens is 2. The monoisotopic (exact) mass is 776 g/mol. The van der Waals surface area contributed by atoms with Crippen LogP contribution in [0, 0.1) is 11.6 Å². The van der Waals surface area contributed by atoms with Gasteiger partial charge in [-0.2, -0.15) is 0 Å². The van der Waals surface area contributed by atoms with Crippen LogP contribution in [-0.2, 0) is 32.3 Å². The van der Waals surface area contributed by atoms with Crippen molar-refractivity contribution in [2.75, 3.05) is 0 Å². The number of aromatic carboxylic acids is 2. The molecule has 0 saturated carbocycles. The van der Waals surface area contributed by atoms with Crippen LogP contribution in [0.4, 0.5) is 8.78 Å². The average Bonchev–Trinajstić information content (AvgIpc) is 3.10. The fourth-order valence-corrected chi connectivity index (χ4v) is 6.48. The van der Waals surface area contributed by atoms with Crippen molar-refractivity contribution in [2.45, 2.75) is 51.6 Å². The van der Waals surface area contributed by atoms with Crippen molar-refractivity contribution in [1.82, 2.24) is 19.1 Å². The number of aryl methyl sites for hydroxylation is 2. The third kappa shape index (κ3) is 8.43. The van der Waals surface area contributed by atoms with Crippen molar-refractivity contribution in [3.05, 3.63) is 140 Å². The summed E-state index contributed by atoms with van der Waals surface area (Å²) < 4.78 is 30.5. The van der Waals surface area contributed by atoms with Crippen molar-refractivity contribution in [1.29, 1.82) is 0 Å². The largest absolute Gasteiger partial charge is 2.00 e. The molecule has 0 aliphatic carbocycles. The number of nitrogens with zero attached hydrogens (tertiary/aromatic N) is 4. The summed E-state index contributed by atoms with van der Waals surface area (Å²) in [5.74, 6) is -4.09. The molecule has 2 atom stereocenters. The van der Waals surface area contributed by atoms with Crippen LogP contribution in [0.25, 0.3) is 33.2 Å². The van der Waals surface area contributed by atoms with E-state index in [1.54, 1.807) is 21.5 Å². The molecule has 53 heavy (non-hydrogen) atoms. The molecule has 0 saturated heterocycles. The van der Waals surface area contributed by atoms with Crippen LogP contribution < -0.4 is 21.1 Å². The van der Waals surface area contributed by atoms with Gasteiger partial charge in [0.2, 0.25) is 0 Å². The van der Waals surface area contributed by atoms with Gasteiger partial charge in [-0.25, -0.2) is 8.78 Å². The summed E-state index contributed by atoms with van der Waals surface area (Å²) in [7, 11) is 0. The number of pyridine rings is 4. The van der Waals surface area contributed by atoms with Gasteiger partial charge >= 0.3 is 19.5 Å². The minimum Gasteiger partial charge on any atom is -0.545 e. The number of aromatic nitrogens is 4. The first-order chi connectivity index (χ1) is 23.9. The molecule has 0 unspecified atom stereocenters. The molecule has 4 N–H and O–H groups in total. The Bertz CT molecular complexity index is 2240. The van der Waals surface area contributed by atoms with Crippen LogP contribution in [0.1, 0.15) is 70.6 Å². The summed E-state index contributed by atoms with van der Waals surface area (Å²) in [5, 5.41) is 22.2. The van der Waals surface area contributed by atoms with E-state index in [0.29, 0.717) is 23.9 Å². The van der Waals surface area contributed by atoms with E-state index >= 15 is 0 Å². The van der Waals surface area contributed by atoms with E-state index in [0.717, 1.165) is 47.5 Å². The summed E-state index contributed by atoms with van der Waals surface area (Å²) in [6.45, 7) is 3.88. The Morgan fingerprint density at radius 2 is 1.06 bits per heavy atom. The van der Waals surface area contributed by atoms with Gasteiger partial charge in [0.15, 0.2) is 10.9 Å². The van der Waals surface area contributed by atoms with Gasteiger partial charge in [-0.15, -0.1) is 0 Å². The molecule has 6 heterocycles. The second kappa shape index (κ2) is 17.3. The fourth-order valence-electron chi connectivity index (χ4n) is 6.48. The Morgan fingerprint density at radius 3 is 1.38 bits per heavy atom. The van der Waals surface area contributed by atoms with E-state index in [9.17, 15) is 38.2 Å². The van der Waals surface area contributed by atoms with E-state index in [4.69, 9.17) is 0 Å². The quantitative estimate of drug-likeness (QED) is 0.243. The van der Waals surface area contributed by atoms with E-state index in [1.165, 1.54) is 24.5 Å². The average molecular weight is 778 g/mol. The van der Waals surface area contributed by atoms with E-state index < -0.39 is 45.6 Å². The predicted molar refractivity (Wildman–Crippen MR) is 186 cm³/mol. The summed E-state index contributed by atoms with van der Waals surface area (Å²) in [4.78, 5) is 54.5. The van der Waals surface area contributed by atoms with Crippen LogP contribution >= 0.6 is 0 Å². The Labute approximate surface area is 313 Å². The molecule has 15 heteroatoms. The topological polar surface area (TPSA) is 213 Å². The van der Waals surface area contributed by atoms with Gasteiger partial charge in [-0.05, 0) is 99.2 Å². The number of carboxylic acid groups (broad SMARTS) is 2. The number of hydrogen-bond acceptors (Lipinski definition) is 8. The Balaban J connectivity index is 0.000000213. The SMILES string of the molecule is C[C@@H]1CCc2cc(F)cc3c(=O)c(C(=O)[O-])cn1c23.C[C@H]1CCc2cc(F)cc3c(=O)c(C(=O)[O-])cn1c23.O.O.[Zn+2].c1ccc(-c2ccccn2)nc1. The molecule has 0 spiro atoms. The van der Waals surface area contributed by atoms with Crippen LogP contribution in [0.5, 0.6) is 0 Å². The zero-order chi connectivity index (χ0) is 35.7. The van der Waals surface area contributed by atoms with Crippen LogP contribution in [0.15, 0.2) is 95.0 Å². The van der Waals surface area contributed by atoms with Crippen molar-refractivity contribution < 1.29 is 59.0 Å². The first-order valence-corrected chi connectivity index (χ1v) is 15.9. The number of carbonyl (C=O) groups is 2. The maximum Gasteiger partial charge on any atom is 2.00 e. The molecule has 6 aromatic rings. The Hall–Kier alpha value is -5.50. The van der Waals surface area contributed by atoms with Crippen molar-refractivity contribution in [3.63, 3.8) is 0 Å². The molecule has 8 rings (SSSR count). The zero-order valence-corrected chi connectivity index (χ0v) is 31.7. The first kappa shape index (κ1) is 41.9. The molecule has 2 aliphatic rings. The number of carbonyl (C=O) groups excluding carboxylic acids is 2. The van der Waals surface area contributed by atoms with Gasteiger partial charge in [0.05, 0.1) is 45.5 Å². The third-order valence-corrected chi connectivity index (χ3v) is 8.98. The minimum absolute atomic E-state index is 0. The van der Waals surface area contributed by atoms with Gasteiger partial charge in [0.1, 0.15) is 11.6 Å². The normalized spacial score (nSPS) is 14.9. The van der Waals surface area contributed by atoms with Crippen LogP contribution in [-0.4, -0.2) is 42.0 Å². The van der Waals surface area contributed by atoms with Gasteiger partial charge in [0.25, 0.3) is 0 Å². The molecule has 0 amide bonds. The number of carboxylic acids is 2. The molecule has 0 fully saturated rings. The Kier molecular flexibility index (Phi) is 13.7. The minimum atomic E-state index is -1.53. The van der Waals surface area contributed by atoms with Crippen LogP contribution in [0.2, 0.25) is 0 Å². The van der Waals surface area contributed by atoms with Gasteiger partial charge < -0.3 is 39.9 Å². The van der Waals surface area contributed by atoms with E-state index in [2.05, 4.69) is 9.97 Å². The summed E-state index contributed by atoms with van der Waals surface area (Å²) in [5.41, 5.74) is 2.39. The smallest absolute Gasteiger partial charge is 0.545 e. The van der Waals surface area contributed by atoms with Gasteiger partial charge in [-0.3, -0.25) is 19.6 Å². The predicted octanol–water partition coefficient (Wildman–Crippen LogP) is 2.51. The molecule has 12 nitrogen and oxygen atoms in total. The van der Waals surface area contributed by atoms with Gasteiger partial charge in [-0.1, -0.05) is 12.1 Å². The molecule has 0 bridgehead atoms. The van der Waals surface area contributed by atoms with E-state index in [-0.39, 0.29) is 53.3 Å². The van der Waals surface area contributed by atoms with Crippen molar-refractivity contribution in [3.8, 4) is 11.4 Å². The number of rotatable bonds is 3. The number of benzene rings is 2. The molecular weight excluding hydrogens is 744 g/mol. The molecule has 2 aliphatic heterocycles. The maximum absolute atomic E-state index is 13.5. The molecule has 4 aromatic heterocycles. The van der Waals surface area contributed by atoms with E-state index in [1.807, 2.05) is 50.2 Å². The summed E-state index contributed by atoms with van der Waals surface area (Å²) in [6.07, 6.45) is 9.07. The molecule has 270 valence electrons. The summed E-state index contributed by atoms with van der Waals surface area (Å²) in [6, 6.07) is 16.7. The standard InChI is InChI=1S/2C14H12FNO3.C10H8N2.2H2O.Zn/c2*1-7-2-3-8-4-9(15)5-10-12(8)16(7)6-11(13(10)17)14(18)19;1-3-7-11-9(5-1)10-6-2-4-8-12-10;;;/h2*4-7H,2-3H2,1H3,(H,18,19);1-8H;2*1H2;/q;;;;;+2/p-2/t2*7-;;;;/m10..../s1. The van der Waals surface area contributed by atoms with Crippen molar-refractivity contribution in [2.24, 2.45) is 0 Å². The summed E-state index contributed by atoms with van der Waals surface area (Å²) >= 11 is 0. The maximum atomic E-state index is 13.5. The molecule has 2 aromatic carbocycles. The third-order valence-electron chi connectivity index (χ3n) is 8.98. The van der Waals surface area contributed by atoms with Gasteiger partial charge in [0, 0.05) is 47.6 Å². The Morgan fingerprint density at radius 1 is 0.679 bits per heavy atom. The zero-order valence-electron chi connectivity index (χ0n) is 28.8. The fraction of sp³-hybridized carbons (Fsp3) is 0.211. The second-order valence-corrected chi connectivity index (χ2v) is 12.3. The first-order valence-electron chi connectivity index (χ1n) is 15.9. The second-order valence-electron chi connectivity index (χ2n) is 12.3. The van der Waals surface area contributed by atoms with Crippen LogP contribution in [0.3, 0.4) is 0 Å². The number of hydrogen-bond donors (Lipinski definition) is 0. The van der Waals surface area contributed by atoms with Crippen molar-refractivity contribution >= 4 is 33.7 Å². The molecular formula is C38H34F2N4O8Zn.